The molecule has 3 rings (SSSR count). The number of hydrogen-bond acceptors (Lipinski definition) is 4. The lowest BCUT2D eigenvalue weighted by Gasteiger charge is -2.33. The fourth-order valence-corrected chi connectivity index (χ4v) is 3.22. The summed E-state index contributed by atoms with van der Waals surface area (Å²) in [5.74, 6) is 0.163. The number of carbonyl (C=O) groups excluding carboxylic acids is 1. The van der Waals surface area contributed by atoms with Crippen molar-refractivity contribution in [2.24, 2.45) is 0 Å². The second kappa shape index (κ2) is 6.05. The number of hydrogen-bond donors (Lipinski definition) is 1. The van der Waals surface area contributed by atoms with Crippen molar-refractivity contribution in [3.05, 3.63) is 51.2 Å². The first-order valence-corrected chi connectivity index (χ1v) is 7.83. The Morgan fingerprint density at radius 3 is 3.00 bits per heavy atom. The summed E-state index contributed by atoms with van der Waals surface area (Å²) < 4.78 is 6.32. The number of phenolic OH excluding ortho intramolecular Hbond substituents is 1. The summed E-state index contributed by atoms with van der Waals surface area (Å²) in [5.41, 5.74) is 1.48. The quantitative estimate of drug-likeness (QED) is 0.922. The fraction of sp³-hybridized carbons (Fsp3) is 0.267. The molecule has 1 aliphatic heterocycles. The van der Waals surface area contributed by atoms with Gasteiger partial charge in [-0.05, 0) is 23.8 Å². The van der Waals surface area contributed by atoms with E-state index in [2.05, 4.69) is 0 Å². The van der Waals surface area contributed by atoms with E-state index < -0.39 is 0 Å². The topological polar surface area (TPSA) is 49.8 Å². The highest BCUT2D eigenvalue weighted by Gasteiger charge is 2.26. The van der Waals surface area contributed by atoms with E-state index in [9.17, 15) is 9.90 Å². The van der Waals surface area contributed by atoms with Gasteiger partial charge in [0.2, 0.25) is 0 Å². The fourth-order valence-electron chi connectivity index (χ4n) is 2.37. The molecule has 1 aliphatic rings. The number of benzene rings is 1. The first-order chi connectivity index (χ1) is 10.1. The monoisotopic (exact) mass is 323 g/mol. The van der Waals surface area contributed by atoms with Crippen LogP contribution in [-0.2, 0) is 4.74 Å². The number of amides is 1. The number of ether oxygens (including phenoxy) is 1. The van der Waals surface area contributed by atoms with Crippen LogP contribution in [0.3, 0.4) is 0 Å². The van der Waals surface area contributed by atoms with E-state index in [1.807, 2.05) is 6.07 Å². The first-order valence-electron chi connectivity index (χ1n) is 6.57. The summed E-state index contributed by atoms with van der Waals surface area (Å²) in [4.78, 5) is 14.2. The number of phenols is 1. The highest BCUT2D eigenvalue weighted by molar-refractivity contribution is 7.14. The smallest absolute Gasteiger partial charge is 0.254 e. The predicted molar refractivity (Wildman–Crippen MR) is 82.0 cm³/mol. The van der Waals surface area contributed by atoms with Crippen LogP contribution in [0.5, 0.6) is 5.75 Å². The van der Waals surface area contributed by atoms with Crippen molar-refractivity contribution in [2.45, 2.75) is 6.10 Å². The molecular formula is C15H14ClNO3S. The third-order valence-corrected chi connectivity index (χ3v) is 4.50. The first kappa shape index (κ1) is 14.4. The Balaban J connectivity index is 1.75. The highest BCUT2D eigenvalue weighted by atomic mass is 35.5. The zero-order chi connectivity index (χ0) is 14.8. The Kier molecular flexibility index (Phi) is 4.14. The molecular weight excluding hydrogens is 310 g/mol. The molecule has 0 aliphatic carbocycles. The molecule has 1 fully saturated rings. The van der Waals surface area contributed by atoms with Gasteiger partial charge in [-0.25, -0.2) is 0 Å². The van der Waals surface area contributed by atoms with Crippen molar-refractivity contribution in [3.8, 4) is 5.75 Å². The molecule has 0 spiro atoms. The molecule has 6 heteroatoms. The number of thiophene rings is 1. The minimum absolute atomic E-state index is 0.0356. The van der Waals surface area contributed by atoms with Crippen LogP contribution in [0, 0.1) is 0 Å². The zero-order valence-electron chi connectivity index (χ0n) is 11.2. The van der Waals surface area contributed by atoms with Crippen molar-refractivity contribution in [1.29, 1.82) is 0 Å². The van der Waals surface area contributed by atoms with Crippen LogP contribution in [0.2, 0.25) is 4.34 Å². The van der Waals surface area contributed by atoms with Gasteiger partial charge >= 0.3 is 0 Å². The maximum atomic E-state index is 12.4. The Bertz CT molecular complexity index is 658. The van der Waals surface area contributed by atoms with E-state index in [0.717, 1.165) is 5.56 Å². The van der Waals surface area contributed by atoms with Crippen LogP contribution < -0.4 is 0 Å². The van der Waals surface area contributed by atoms with Gasteiger partial charge in [0.25, 0.3) is 5.91 Å². The molecule has 0 radical (unpaired) electrons. The largest absolute Gasteiger partial charge is 0.508 e. The maximum Gasteiger partial charge on any atom is 0.254 e. The molecule has 110 valence electrons. The van der Waals surface area contributed by atoms with Gasteiger partial charge in [-0.15, -0.1) is 11.3 Å². The summed E-state index contributed by atoms with van der Waals surface area (Å²) in [6.07, 6.45) is -0.219. The number of carbonyl (C=O) groups is 1. The molecule has 1 amide bonds. The minimum Gasteiger partial charge on any atom is -0.508 e. The third kappa shape index (κ3) is 3.20. The minimum atomic E-state index is -0.219. The Morgan fingerprint density at radius 2 is 2.29 bits per heavy atom. The average Bonchev–Trinajstić information content (AvgIpc) is 2.93. The summed E-state index contributed by atoms with van der Waals surface area (Å²) in [7, 11) is 0. The van der Waals surface area contributed by atoms with E-state index in [-0.39, 0.29) is 17.8 Å². The molecule has 1 saturated heterocycles. The normalized spacial score (nSPS) is 18.7. The van der Waals surface area contributed by atoms with E-state index >= 15 is 0 Å². The molecule has 2 heterocycles. The molecule has 1 aromatic heterocycles. The number of nitrogens with zero attached hydrogens (tertiary/aromatic N) is 1. The predicted octanol–water partition coefficient (Wildman–Crippen LogP) is 3.32. The molecule has 1 N–H and O–H groups in total. The van der Waals surface area contributed by atoms with Gasteiger partial charge in [0.1, 0.15) is 11.9 Å². The van der Waals surface area contributed by atoms with Crippen LogP contribution in [0.25, 0.3) is 0 Å². The van der Waals surface area contributed by atoms with Gasteiger partial charge in [-0.2, -0.15) is 0 Å². The van der Waals surface area contributed by atoms with Crippen molar-refractivity contribution in [3.63, 3.8) is 0 Å². The lowest BCUT2D eigenvalue weighted by atomic mass is 10.1. The van der Waals surface area contributed by atoms with Gasteiger partial charge in [-0.1, -0.05) is 23.7 Å². The number of morpholine rings is 1. The Morgan fingerprint density at radius 1 is 1.43 bits per heavy atom. The van der Waals surface area contributed by atoms with Crippen LogP contribution in [0.15, 0.2) is 35.7 Å². The second-order valence-corrected chi connectivity index (χ2v) is 6.39. The molecule has 0 unspecified atom stereocenters. The van der Waals surface area contributed by atoms with Crippen molar-refractivity contribution in [1.82, 2.24) is 4.90 Å². The molecule has 0 bridgehead atoms. The number of halogens is 1. The van der Waals surface area contributed by atoms with Crippen molar-refractivity contribution in [2.75, 3.05) is 19.7 Å². The van der Waals surface area contributed by atoms with Gasteiger partial charge in [-0.3, -0.25) is 4.79 Å². The molecule has 21 heavy (non-hydrogen) atoms. The van der Waals surface area contributed by atoms with Gasteiger partial charge in [0.05, 0.1) is 23.1 Å². The molecule has 4 nitrogen and oxygen atoms in total. The van der Waals surface area contributed by atoms with Crippen molar-refractivity contribution < 1.29 is 14.6 Å². The van der Waals surface area contributed by atoms with Crippen molar-refractivity contribution >= 4 is 28.8 Å². The number of rotatable bonds is 2. The van der Waals surface area contributed by atoms with E-state index in [1.54, 1.807) is 34.5 Å². The van der Waals surface area contributed by atoms with Gasteiger partial charge in [0.15, 0.2) is 0 Å². The Hall–Kier alpha value is -1.56. The summed E-state index contributed by atoms with van der Waals surface area (Å²) in [5, 5.41) is 11.3. The molecule has 1 aromatic carbocycles. The van der Waals surface area contributed by atoms with Crippen LogP contribution in [0.4, 0.5) is 0 Å². The SMILES string of the molecule is O=C(c1csc(Cl)c1)N1CCO[C@@H](c2cccc(O)c2)C1. The van der Waals surface area contributed by atoms with E-state index in [1.165, 1.54) is 11.3 Å². The summed E-state index contributed by atoms with van der Waals surface area (Å²) >= 11 is 7.23. The third-order valence-electron chi connectivity index (χ3n) is 3.41. The van der Waals surface area contributed by atoms with Crippen LogP contribution in [-0.4, -0.2) is 35.6 Å². The summed E-state index contributed by atoms with van der Waals surface area (Å²) in [6.45, 7) is 1.50. The summed E-state index contributed by atoms with van der Waals surface area (Å²) in [6, 6.07) is 8.63. The number of aromatic hydroxyl groups is 1. The molecule has 0 saturated carbocycles. The van der Waals surface area contributed by atoms with E-state index in [0.29, 0.717) is 29.6 Å². The Labute approximate surface area is 131 Å². The standard InChI is InChI=1S/C15H14ClNO3S/c16-14-7-11(9-21-14)15(19)17-4-5-20-13(8-17)10-2-1-3-12(18)6-10/h1-3,6-7,9,13,18H,4-5,8H2/t13-/m1/s1. The molecule has 2 aromatic rings. The van der Waals surface area contributed by atoms with Crippen LogP contribution in [0.1, 0.15) is 22.0 Å². The average molecular weight is 324 g/mol. The molecule has 1 atom stereocenters. The maximum absolute atomic E-state index is 12.4. The van der Waals surface area contributed by atoms with E-state index in [4.69, 9.17) is 16.3 Å². The lowest BCUT2D eigenvalue weighted by Crippen LogP contribution is -2.42. The zero-order valence-corrected chi connectivity index (χ0v) is 12.7. The van der Waals surface area contributed by atoms with Gasteiger partial charge < -0.3 is 14.7 Å². The van der Waals surface area contributed by atoms with Gasteiger partial charge in [0, 0.05) is 11.9 Å². The second-order valence-electron chi connectivity index (χ2n) is 4.85. The highest BCUT2D eigenvalue weighted by Crippen LogP contribution is 2.27. The van der Waals surface area contributed by atoms with Crippen LogP contribution >= 0.6 is 22.9 Å². The lowest BCUT2D eigenvalue weighted by molar-refractivity contribution is -0.0228.